The minimum absolute atomic E-state index is 0.0841. The number of aromatic hydroxyl groups is 1. The fourth-order valence-electron chi connectivity index (χ4n) is 4.20. The van der Waals surface area contributed by atoms with Crippen LogP contribution in [-0.2, 0) is 11.8 Å². The van der Waals surface area contributed by atoms with Crippen LogP contribution in [0.2, 0.25) is 0 Å². The number of methoxy groups -OCH3 is 1. The van der Waals surface area contributed by atoms with Crippen molar-refractivity contribution in [1.29, 1.82) is 0 Å². The van der Waals surface area contributed by atoms with Gasteiger partial charge in [0.2, 0.25) is 0 Å². The number of rotatable bonds is 10. The van der Waals surface area contributed by atoms with Crippen LogP contribution >= 0.6 is 0 Å². The molecular formula is C28H32N4O5. The highest BCUT2D eigenvalue weighted by Gasteiger charge is 2.24. The van der Waals surface area contributed by atoms with Crippen molar-refractivity contribution in [3.8, 4) is 23.0 Å². The van der Waals surface area contributed by atoms with Crippen molar-refractivity contribution in [3.05, 3.63) is 65.4 Å². The van der Waals surface area contributed by atoms with Crippen molar-refractivity contribution >= 4 is 17.4 Å². The summed E-state index contributed by atoms with van der Waals surface area (Å²) in [4.78, 5) is 14.3. The maximum absolute atomic E-state index is 12.5. The van der Waals surface area contributed by atoms with Crippen LogP contribution < -0.4 is 14.8 Å². The molecule has 1 unspecified atom stereocenters. The van der Waals surface area contributed by atoms with E-state index >= 15 is 0 Å². The summed E-state index contributed by atoms with van der Waals surface area (Å²) in [5, 5.41) is 18.6. The molecular weight excluding hydrogens is 472 g/mol. The SMILES string of the molecule is COCC(C)Oc1cc(Oc2ccc(C(=O)N3CCC3)cc2O)cc(C(Nc2ccn(C)n2)=C2CC2)c1. The van der Waals surface area contributed by atoms with Gasteiger partial charge in [0.05, 0.1) is 6.61 Å². The third-order valence-corrected chi connectivity index (χ3v) is 6.30. The zero-order valence-electron chi connectivity index (χ0n) is 21.4. The molecule has 0 bridgehead atoms. The summed E-state index contributed by atoms with van der Waals surface area (Å²) in [6.45, 7) is 3.87. The lowest BCUT2D eigenvalue weighted by Gasteiger charge is -2.30. The van der Waals surface area contributed by atoms with E-state index in [9.17, 15) is 9.90 Å². The Hall–Kier alpha value is -3.98. The molecule has 1 aliphatic heterocycles. The number of aromatic nitrogens is 2. The van der Waals surface area contributed by atoms with Crippen LogP contribution in [0.5, 0.6) is 23.0 Å². The number of phenols is 1. The van der Waals surface area contributed by atoms with Gasteiger partial charge in [-0.3, -0.25) is 9.48 Å². The van der Waals surface area contributed by atoms with E-state index in [1.807, 2.05) is 38.4 Å². The highest BCUT2D eigenvalue weighted by atomic mass is 16.5. The highest BCUT2D eigenvalue weighted by molar-refractivity contribution is 5.95. The minimum Gasteiger partial charge on any atom is -0.504 e. The lowest BCUT2D eigenvalue weighted by molar-refractivity contribution is 0.0651. The minimum atomic E-state index is -0.172. The molecule has 1 amide bonds. The summed E-state index contributed by atoms with van der Waals surface area (Å²) in [5.41, 5.74) is 3.58. The number of phenolic OH excluding ortho intramolecular Hbond substituents is 1. The van der Waals surface area contributed by atoms with Gasteiger partial charge in [-0.15, -0.1) is 0 Å². The first kappa shape index (κ1) is 24.7. The highest BCUT2D eigenvalue weighted by Crippen LogP contribution is 2.40. The van der Waals surface area contributed by atoms with Crippen molar-refractivity contribution in [3.63, 3.8) is 0 Å². The first-order chi connectivity index (χ1) is 17.9. The molecule has 0 radical (unpaired) electrons. The van der Waals surface area contributed by atoms with Crippen LogP contribution in [0.1, 0.15) is 42.1 Å². The average Bonchev–Trinajstić information content (AvgIpc) is 3.58. The number of likely N-dealkylation sites (tertiary alicyclic amines) is 1. The van der Waals surface area contributed by atoms with Gasteiger partial charge in [0.1, 0.15) is 17.6 Å². The number of carbonyl (C=O) groups excluding carboxylic acids is 1. The summed E-state index contributed by atoms with van der Waals surface area (Å²) >= 11 is 0. The second kappa shape index (κ2) is 10.6. The number of aryl methyl sites for hydroxylation is 1. The van der Waals surface area contributed by atoms with Crippen molar-refractivity contribution in [2.75, 3.05) is 32.1 Å². The molecule has 0 spiro atoms. The standard InChI is InChI=1S/C28H32N4O5/c1-18(17-35-3)36-22-13-21(27(19-5-6-19)29-26-9-12-31(2)30-26)14-23(16-22)37-25-8-7-20(15-24(25)33)28(34)32-10-4-11-32/h7-9,12-16,18,33H,4-6,10-11,17H2,1-3H3,(H,29,30). The first-order valence-corrected chi connectivity index (χ1v) is 12.5. The van der Waals surface area contributed by atoms with E-state index < -0.39 is 0 Å². The predicted molar refractivity (Wildman–Crippen MR) is 140 cm³/mol. The summed E-state index contributed by atoms with van der Waals surface area (Å²) in [6.07, 6.45) is 4.73. The topological polar surface area (TPSA) is 98.1 Å². The van der Waals surface area contributed by atoms with E-state index in [-0.39, 0.29) is 23.5 Å². The maximum atomic E-state index is 12.5. The van der Waals surface area contributed by atoms with E-state index in [4.69, 9.17) is 14.2 Å². The molecule has 1 atom stereocenters. The van der Waals surface area contributed by atoms with Crippen LogP contribution in [0.4, 0.5) is 5.82 Å². The van der Waals surface area contributed by atoms with E-state index in [2.05, 4.69) is 10.4 Å². The van der Waals surface area contributed by atoms with Gasteiger partial charge in [-0.25, -0.2) is 0 Å². The van der Waals surface area contributed by atoms with E-state index in [1.165, 1.54) is 11.6 Å². The van der Waals surface area contributed by atoms with Crippen LogP contribution in [0.15, 0.2) is 54.2 Å². The quantitative estimate of drug-likeness (QED) is 0.409. The zero-order chi connectivity index (χ0) is 25.9. The molecule has 2 aliphatic rings. The zero-order valence-corrected chi connectivity index (χ0v) is 21.4. The lowest BCUT2D eigenvalue weighted by atomic mass is 10.1. The number of nitrogens with one attached hydrogen (secondary N) is 1. The summed E-state index contributed by atoms with van der Waals surface area (Å²) in [7, 11) is 3.51. The van der Waals surface area contributed by atoms with Crippen LogP contribution in [-0.4, -0.2) is 58.6 Å². The van der Waals surface area contributed by atoms with Crippen LogP contribution in [0, 0.1) is 0 Å². The molecule has 37 heavy (non-hydrogen) atoms. The van der Waals surface area contributed by atoms with Gasteiger partial charge in [0.15, 0.2) is 17.3 Å². The second-order valence-corrected chi connectivity index (χ2v) is 9.49. The van der Waals surface area contributed by atoms with Crippen molar-refractivity contribution in [2.45, 2.75) is 32.3 Å². The van der Waals surface area contributed by atoms with E-state index in [1.54, 1.807) is 34.9 Å². The van der Waals surface area contributed by atoms with Gasteiger partial charge in [0, 0.05) is 62.4 Å². The Labute approximate surface area is 216 Å². The number of carbonyl (C=O) groups is 1. The van der Waals surface area contributed by atoms with Gasteiger partial charge < -0.3 is 29.5 Å². The first-order valence-electron chi connectivity index (χ1n) is 12.5. The molecule has 2 N–H and O–H groups in total. The summed E-state index contributed by atoms with van der Waals surface area (Å²) in [6, 6.07) is 12.3. The Kier molecular flexibility index (Phi) is 7.05. The lowest BCUT2D eigenvalue weighted by Crippen LogP contribution is -2.41. The molecule has 9 nitrogen and oxygen atoms in total. The summed E-state index contributed by atoms with van der Waals surface area (Å²) < 4.78 is 19.2. The number of benzene rings is 2. The Bertz CT molecular complexity index is 1320. The number of hydrogen-bond acceptors (Lipinski definition) is 7. The number of allylic oxidation sites excluding steroid dienone is 1. The van der Waals surface area contributed by atoms with Gasteiger partial charge >= 0.3 is 0 Å². The maximum Gasteiger partial charge on any atom is 0.253 e. The van der Waals surface area contributed by atoms with Gasteiger partial charge in [-0.05, 0) is 62.1 Å². The molecule has 194 valence electrons. The Morgan fingerprint density at radius 3 is 2.51 bits per heavy atom. The smallest absolute Gasteiger partial charge is 0.253 e. The molecule has 2 fully saturated rings. The molecule has 9 heteroatoms. The number of nitrogens with zero attached hydrogens (tertiary/aromatic N) is 3. The van der Waals surface area contributed by atoms with Crippen molar-refractivity contribution in [1.82, 2.24) is 14.7 Å². The predicted octanol–water partition coefficient (Wildman–Crippen LogP) is 4.79. The fraction of sp³-hybridized carbons (Fsp3) is 0.357. The average molecular weight is 505 g/mol. The van der Waals surface area contributed by atoms with Gasteiger partial charge in [-0.1, -0.05) is 0 Å². The second-order valence-electron chi connectivity index (χ2n) is 9.49. The van der Waals surface area contributed by atoms with E-state index in [0.29, 0.717) is 23.7 Å². The molecule has 5 rings (SSSR count). The van der Waals surface area contributed by atoms with Crippen LogP contribution in [0.25, 0.3) is 5.70 Å². The monoisotopic (exact) mass is 504 g/mol. The molecule has 3 aromatic rings. The number of ether oxygens (including phenoxy) is 3. The van der Waals surface area contributed by atoms with Gasteiger partial charge in [0.25, 0.3) is 5.91 Å². The molecule has 2 heterocycles. The Morgan fingerprint density at radius 1 is 1.11 bits per heavy atom. The van der Waals surface area contributed by atoms with Crippen LogP contribution in [0.3, 0.4) is 0 Å². The number of amides is 1. The molecule has 1 saturated carbocycles. The Balaban J connectivity index is 1.44. The molecule has 2 aromatic carbocycles. The van der Waals surface area contributed by atoms with Crippen molar-refractivity contribution < 1.29 is 24.1 Å². The Morgan fingerprint density at radius 2 is 1.89 bits per heavy atom. The normalized spacial score (nSPS) is 15.1. The molecule has 1 saturated heterocycles. The largest absolute Gasteiger partial charge is 0.504 e. The van der Waals surface area contributed by atoms with Gasteiger partial charge in [-0.2, -0.15) is 5.10 Å². The number of hydrogen-bond donors (Lipinski definition) is 2. The third-order valence-electron chi connectivity index (χ3n) is 6.30. The van der Waals surface area contributed by atoms with E-state index in [0.717, 1.165) is 49.4 Å². The molecule has 1 aliphatic carbocycles. The summed E-state index contributed by atoms with van der Waals surface area (Å²) in [5.74, 6) is 1.93. The van der Waals surface area contributed by atoms with Crippen molar-refractivity contribution in [2.24, 2.45) is 7.05 Å². The molecule has 1 aromatic heterocycles. The fourth-order valence-corrected chi connectivity index (χ4v) is 4.20. The third kappa shape index (κ3) is 5.89. The number of anilines is 1.